The minimum Gasteiger partial charge on any atom is -0.377 e. The van der Waals surface area contributed by atoms with Crippen LogP contribution in [0, 0.1) is 0 Å². The van der Waals surface area contributed by atoms with Crippen molar-refractivity contribution < 1.29 is 13.2 Å². The van der Waals surface area contributed by atoms with Crippen molar-refractivity contribution in [3.05, 3.63) is 28.2 Å². The number of sulfonamides is 1. The number of halogens is 1. The normalized spacial score (nSPS) is 12.6. The Balaban J connectivity index is 2.96. The van der Waals surface area contributed by atoms with E-state index in [1.54, 1.807) is 19.2 Å². The van der Waals surface area contributed by atoms with Crippen LogP contribution in [0.5, 0.6) is 0 Å². The second-order valence-electron chi connectivity index (χ2n) is 5.33. The van der Waals surface area contributed by atoms with Gasteiger partial charge in [-0.25, -0.2) is 13.1 Å². The summed E-state index contributed by atoms with van der Waals surface area (Å²) >= 11 is 3.30. The van der Waals surface area contributed by atoms with E-state index < -0.39 is 15.6 Å². The Kier molecular flexibility index (Phi) is 6.80. The van der Waals surface area contributed by atoms with E-state index in [2.05, 4.69) is 26.0 Å². The van der Waals surface area contributed by atoms with Crippen molar-refractivity contribution in [2.24, 2.45) is 0 Å². The summed E-state index contributed by atoms with van der Waals surface area (Å²) in [5.74, 6) is 0. The number of hydrogen-bond acceptors (Lipinski definition) is 4. The highest BCUT2D eigenvalue weighted by atomic mass is 79.9. The maximum atomic E-state index is 12.4. The van der Waals surface area contributed by atoms with Gasteiger partial charge in [0, 0.05) is 24.7 Å². The summed E-state index contributed by atoms with van der Waals surface area (Å²) in [4.78, 5) is 0.241. The molecule has 7 heteroatoms. The zero-order chi connectivity index (χ0) is 16.1. The molecule has 1 rings (SSSR count). The Morgan fingerprint density at radius 1 is 1.33 bits per heavy atom. The van der Waals surface area contributed by atoms with Crippen LogP contribution in [0.2, 0.25) is 0 Å². The highest BCUT2D eigenvalue weighted by molar-refractivity contribution is 9.10. The van der Waals surface area contributed by atoms with Gasteiger partial charge >= 0.3 is 0 Å². The first kappa shape index (κ1) is 18.6. The first-order chi connectivity index (χ1) is 9.72. The SMILES string of the molecule is CCNCc1ccc(Br)c(S(=O)(=O)NCC(C)(C)OC)c1. The molecular formula is C14H23BrN2O3S. The number of hydrogen-bond donors (Lipinski definition) is 2. The van der Waals surface area contributed by atoms with E-state index in [4.69, 9.17) is 4.74 Å². The van der Waals surface area contributed by atoms with Gasteiger partial charge in [0.1, 0.15) is 0 Å². The molecule has 0 saturated carbocycles. The topological polar surface area (TPSA) is 67.4 Å². The summed E-state index contributed by atoms with van der Waals surface area (Å²) in [5, 5.41) is 3.18. The monoisotopic (exact) mass is 378 g/mol. The van der Waals surface area contributed by atoms with Crippen LogP contribution in [0.25, 0.3) is 0 Å². The van der Waals surface area contributed by atoms with Crippen LogP contribution < -0.4 is 10.0 Å². The smallest absolute Gasteiger partial charge is 0.241 e. The van der Waals surface area contributed by atoms with Crippen LogP contribution >= 0.6 is 15.9 Å². The second-order valence-corrected chi connectivity index (χ2v) is 7.92. The molecule has 0 bridgehead atoms. The zero-order valence-corrected chi connectivity index (χ0v) is 15.3. The Morgan fingerprint density at radius 3 is 2.57 bits per heavy atom. The Morgan fingerprint density at radius 2 is 2.00 bits per heavy atom. The lowest BCUT2D eigenvalue weighted by atomic mass is 10.1. The number of nitrogens with one attached hydrogen (secondary N) is 2. The summed E-state index contributed by atoms with van der Waals surface area (Å²) in [6.07, 6.45) is 0. The average molecular weight is 379 g/mol. The van der Waals surface area contributed by atoms with E-state index in [9.17, 15) is 8.42 Å². The number of methoxy groups -OCH3 is 1. The van der Waals surface area contributed by atoms with Crippen molar-refractivity contribution >= 4 is 26.0 Å². The van der Waals surface area contributed by atoms with Crippen molar-refractivity contribution in [1.82, 2.24) is 10.0 Å². The largest absolute Gasteiger partial charge is 0.377 e. The maximum absolute atomic E-state index is 12.4. The number of ether oxygens (including phenoxy) is 1. The summed E-state index contributed by atoms with van der Waals surface area (Å²) in [6.45, 7) is 7.33. The van der Waals surface area contributed by atoms with Crippen molar-refractivity contribution in [3.63, 3.8) is 0 Å². The molecule has 0 radical (unpaired) electrons. The summed E-state index contributed by atoms with van der Waals surface area (Å²) in [6, 6.07) is 5.32. The van der Waals surface area contributed by atoms with E-state index in [-0.39, 0.29) is 11.4 Å². The molecule has 0 aromatic heterocycles. The van der Waals surface area contributed by atoms with Crippen LogP contribution in [0.1, 0.15) is 26.3 Å². The highest BCUT2D eigenvalue weighted by Gasteiger charge is 2.23. The molecule has 0 aliphatic rings. The maximum Gasteiger partial charge on any atom is 0.241 e. The molecule has 0 heterocycles. The molecule has 0 aliphatic heterocycles. The van der Waals surface area contributed by atoms with Gasteiger partial charge in [0.2, 0.25) is 10.0 Å². The van der Waals surface area contributed by atoms with Crippen LogP contribution in [-0.2, 0) is 21.3 Å². The Hall–Kier alpha value is -0.470. The molecule has 5 nitrogen and oxygen atoms in total. The number of benzene rings is 1. The van der Waals surface area contributed by atoms with Gasteiger partial charge < -0.3 is 10.1 Å². The van der Waals surface area contributed by atoms with Crippen molar-refractivity contribution in [2.75, 3.05) is 20.2 Å². The molecule has 0 fully saturated rings. The third-order valence-electron chi connectivity index (χ3n) is 3.10. The molecule has 0 atom stereocenters. The average Bonchev–Trinajstić information content (AvgIpc) is 2.44. The van der Waals surface area contributed by atoms with Crippen LogP contribution in [0.3, 0.4) is 0 Å². The molecule has 0 amide bonds. The lowest BCUT2D eigenvalue weighted by Crippen LogP contribution is -2.39. The Bertz CT molecular complexity index is 574. The van der Waals surface area contributed by atoms with Gasteiger partial charge in [-0.05, 0) is 54.0 Å². The van der Waals surface area contributed by atoms with E-state index in [1.165, 1.54) is 0 Å². The van der Waals surface area contributed by atoms with Crippen molar-refractivity contribution in [2.45, 2.75) is 37.8 Å². The lowest BCUT2D eigenvalue weighted by Gasteiger charge is -2.23. The molecule has 0 spiro atoms. The van der Waals surface area contributed by atoms with E-state index >= 15 is 0 Å². The fourth-order valence-corrected chi connectivity index (χ4v) is 3.76. The zero-order valence-electron chi connectivity index (χ0n) is 12.9. The molecule has 2 N–H and O–H groups in total. The first-order valence-corrected chi connectivity index (χ1v) is 9.03. The van der Waals surface area contributed by atoms with Crippen LogP contribution in [0.4, 0.5) is 0 Å². The van der Waals surface area contributed by atoms with Gasteiger partial charge in [0.05, 0.1) is 10.5 Å². The Labute approximate surface area is 135 Å². The minimum absolute atomic E-state index is 0.204. The predicted octanol–water partition coefficient (Wildman–Crippen LogP) is 2.26. The van der Waals surface area contributed by atoms with Gasteiger partial charge in [0.15, 0.2) is 0 Å². The fraction of sp³-hybridized carbons (Fsp3) is 0.571. The first-order valence-electron chi connectivity index (χ1n) is 6.76. The van der Waals surface area contributed by atoms with Gasteiger partial charge in [-0.3, -0.25) is 0 Å². The van der Waals surface area contributed by atoms with Crippen LogP contribution in [-0.4, -0.2) is 34.2 Å². The quantitative estimate of drug-likeness (QED) is 0.727. The molecular weight excluding hydrogens is 356 g/mol. The van der Waals surface area contributed by atoms with Gasteiger partial charge in [-0.1, -0.05) is 13.0 Å². The predicted molar refractivity (Wildman–Crippen MR) is 87.8 cm³/mol. The minimum atomic E-state index is -3.59. The summed E-state index contributed by atoms with van der Waals surface area (Å²) in [5.41, 5.74) is 0.368. The third kappa shape index (κ3) is 5.67. The van der Waals surface area contributed by atoms with Crippen molar-refractivity contribution in [3.8, 4) is 0 Å². The molecule has 0 aliphatic carbocycles. The van der Waals surface area contributed by atoms with E-state index in [0.29, 0.717) is 11.0 Å². The van der Waals surface area contributed by atoms with Gasteiger partial charge in [0.25, 0.3) is 0 Å². The molecule has 1 aromatic carbocycles. The standard InChI is InChI=1S/C14H23BrN2O3S/c1-5-16-9-11-6-7-12(15)13(8-11)21(18,19)17-10-14(2,3)20-4/h6-8,16-17H,5,9-10H2,1-4H3. The van der Waals surface area contributed by atoms with E-state index in [0.717, 1.165) is 12.1 Å². The third-order valence-corrected chi connectivity index (χ3v) is 5.50. The molecule has 21 heavy (non-hydrogen) atoms. The second kappa shape index (κ2) is 7.69. The fourth-order valence-electron chi connectivity index (χ4n) is 1.55. The van der Waals surface area contributed by atoms with Gasteiger partial charge in [-0.15, -0.1) is 0 Å². The lowest BCUT2D eigenvalue weighted by molar-refractivity contribution is 0.0276. The number of rotatable bonds is 8. The molecule has 1 aromatic rings. The molecule has 0 unspecified atom stereocenters. The highest BCUT2D eigenvalue weighted by Crippen LogP contribution is 2.23. The molecule has 0 saturated heterocycles. The summed E-state index contributed by atoms with van der Waals surface area (Å²) in [7, 11) is -2.03. The van der Waals surface area contributed by atoms with Crippen LogP contribution in [0.15, 0.2) is 27.6 Å². The van der Waals surface area contributed by atoms with Crippen molar-refractivity contribution in [1.29, 1.82) is 0 Å². The summed E-state index contributed by atoms with van der Waals surface area (Å²) < 4.78 is 33.2. The molecule has 120 valence electrons. The van der Waals surface area contributed by atoms with Gasteiger partial charge in [-0.2, -0.15) is 0 Å². The van der Waals surface area contributed by atoms with E-state index in [1.807, 2.05) is 26.8 Å².